The Hall–Kier alpha value is -2.62. The summed E-state index contributed by atoms with van der Waals surface area (Å²) in [7, 11) is 0.314. The number of para-hydroxylation sites is 1. The molecule has 0 aromatic heterocycles. The Balaban J connectivity index is 2.16. The molecule has 0 aliphatic rings. The van der Waals surface area contributed by atoms with Crippen molar-refractivity contribution >= 4 is 24.0 Å². The van der Waals surface area contributed by atoms with Crippen molar-refractivity contribution < 1.29 is 13.5 Å². The van der Waals surface area contributed by atoms with Gasteiger partial charge in [-0.3, -0.25) is 4.57 Å². The van der Waals surface area contributed by atoms with Gasteiger partial charge >= 0.3 is 0 Å². The van der Waals surface area contributed by atoms with E-state index in [-0.39, 0.29) is 6.10 Å². The molecule has 0 fully saturated rings. The highest BCUT2D eigenvalue weighted by atomic mass is 31.2. The van der Waals surface area contributed by atoms with E-state index >= 15 is 0 Å². The third kappa shape index (κ3) is 4.92. The van der Waals surface area contributed by atoms with Crippen LogP contribution in [0.15, 0.2) is 78.9 Å². The van der Waals surface area contributed by atoms with Gasteiger partial charge in [0, 0.05) is 36.3 Å². The van der Waals surface area contributed by atoms with E-state index in [4.69, 9.17) is 4.52 Å². The monoisotopic (exact) mass is 426 g/mol. The molecule has 2 atom stereocenters. The van der Waals surface area contributed by atoms with Gasteiger partial charge < -0.3 is 14.7 Å². The van der Waals surface area contributed by atoms with Gasteiger partial charge in [0.1, 0.15) is 11.6 Å². The minimum absolute atomic E-state index is 0.307. The standard InChI is InChI=1S/C24H28FN2O2P/c1-18(2)29-30(28,21-16-14-20(15-17-21)27(3)4)24(22-12-8-9-13-23(22)25)26-19-10-6-5-7-11-19/h5-18,24,26H,1-4H3/t24-,30+/m0/s1. The quantitative estimate of drug-likeness (QED) is 0.447. The summed E-state index contributed by atoms with van der Waals surface area (Å²) in [6, 6.07) is 23.2. The predicted octanol–water partition coefficient (Wildman–Crippen LogP) is 6.03. The fraction of sp³-hybridized carbons (Fsp3) is 0.250. The molecule has 0 heterocycles. The van der Waals surface area contributed by atoms with Gasteiger partial charge in [-0.25, -0.2) is 4.39 Å². The molecule has 0 aliphatic carbocycles. The molecule has 0 bridgehead atoms. The van der Waals surface area contributed by atoms with Crippen LogP contribution in [0, 0.1) is 5.82 Å². The van der Waals surface area contributed by atoms with E-state index in [0.29, 0.717) is 10.9 Å². The first-order valence-corrected chi connectivity index (χ1v) is 11.6. The van der Waals surface area contributed by atoms with Crippen LogP contribution in [0.3, 0.4) is 0 Å². The van der Waals surface area contributed by atoms with Crippen LogP contribution in [0.4, 0.5) is 15.8 Å². The first-order valence-electron chi connectivity index (χ1n) is 9.93. The molecule has 0 amide bonds. The first-order chi connectivity index (χ1) is 14.3. The molecule has 1 N–H and O–H groups in total. The third-order valence-electron chi connectivity index (χ3n) is 4.71. The number of nitrogens with one attached hydrogen (secondary N) is 1. The second-order valence-electron chi connectivity index (χ2n) is 7.60. The second kappa shape index (κ2) is 9.46. The molecule has 6 heteroatoms. The van der Waals surface area contributed by atoms with Gasteiger partial charge in [-0.05, 0) is 56.3 Å². The van der Waals surface area contributed by atoms with Crippen molar-refractivity contribution in [2.75, 3.05) is 24.3 Å². The fourth-order valence-corrected chi connectivity index (χ4v) is 5.90. The molecule has 0 saturated carbocycles. The first kappa shape index (κ1) is 22.1. The average Bonchev–Trinajstić information content (AvgIpc) is 2.73. The largest absolute Gasteiger partial charge is 0.378 e. The molecule has 30 heavy (non-hydrogen) atoms. The lowest BCUT2D eigenvalue weighted by Crippen LogP contribution is -2.23. The molecule has 0 spiro atoms. The van der Waals surface area contributed by atoms with E-state index < -0.39 is 19.0 Å². The predicted molar refractivity (Wildman–Crippen MR) is 123 cm³/mol. The van der Waals surface area contributed by atoms with E-state index in [2.05, 4.69) is 5.32 Å². The van der Waals surface area contributed by atoms with Crippen LogP contribution in [0.5, 0.6) is 0 Å². The van der Waals surface area contributed by atoms with Gasteiger partial charge in [0.15, 0.2) is 0 Å². The van der Waals surface area contributed by atoms with Crippen LogP contribution in [0.25, 0.3) is 0 Å². The van der Waals surface area contributed by atoms with Gasteiger partial charge in [0.25, 0.3) is 7.37 Å². The highest BCUT2D eigenvalue weighted by Gasteiger charge is 2.40. The summed E-state index contributed by atoms with van der Waals surface area (Å²) < 4.78 is 35.5. The zero-order valence-electron chi connectivity index (χ0n) is 17.7. The molecule has 0 saturated heterocycles. The van der Waals surface area contributed by atoms with Crippen molar-refractivity contribution in [1.82, 2.24) is 0 Å². The fourth-order valence-electron chi connectivity index (χ4n) is 3.28. The van der Waals surface area contributed by atoms with Gasteiger partial charge in [-0.15, -0.1) is 0 Å². The number of benzene rings is 3. The topological polar surface area (TPSA) is 41.6 Å². The summed E-state index contributed by atoms with van der Waals surface area (Å²) in [6.45, 7) is 3.67. The summed E-state index contributed by atoms with van der Waals surface area (Å²) >= 11 is 0. The van der Waals surface area contributed by atoms with Crippen molar-refractivity contribution in [1.29, 1.82) is 0 Å². The van der Waals surface area contributed by atoms with E-state index in [1.807, 2.05) is 75.3 Å². The second-order valence-corrected chi connectivity index (χ2v) is 10.0. The summed E-state index contributed by atoms with van der Waals surface area (Å²) in [4.78, 5) is 1.97. The number of rotatable bonds is 8. The normalized spacial score (nSPS) is 14.2. The summed E-state index contributed by atoms with van der Waals surface area (Å²) in [5.74, 6) is -1.31. The van der Waals surface area contributed by atoms with Gasteiger partial charge in [-0.1, -0.05) is 36.4 Å². The highest BCUT2D eigenvalue weighted by Crippen LogP contribution is 2.60. The smallest absolute Gasteiger partial charge is 0.258 e. The molecule has 0 unspecified atom stereocenters. The maximum absolute atomic E-state index is 14.9. The maximum Gasteiger partial charge on any atom is 0.258 e. The van der Waals surface area contributed by atoms with E-state index in [9.17, 15) is 8.96 Å². The number of anilines is 2. The minimum atomic E-state index is -3.57. The molecule has 0 aliphatic heterocycles. The Morgan fingerprint density at radius 3 is 2.07 bits per heavy atom. The van der Waals surface area contributed by atoms with Crippen LogP contribution in [0.1, 0.15) is 25.2 Å². The van der Waals surface area contributed by atoms with E-state index in [0.717, 1.165) is 11.4 Å². The van der Waals surface area contributed by atoms with E-state index in [1.165, 1.54) is 6.07 Å². The SMILES string of the molecule is CC(C)O[P@](=O)(c1ccc(N(C)C)cc1)[C@H](Nc1ccccc1)c1ccccc1F. The van der Waals surface area contributed by atoms with Crippen LogP contribution < -0.4 is 15.5 Å². The molecule has 3 aromatic carbocycles. The summed E-state index contributed by atoms with van der Waals surface area (Å²) in [5, 5.41) is 3.82. The zero-order valence-corrected chi connectivity index (χ0v) is 18.6. The maximum atomic E-state index is 14.9. The van der Waals surface area contributed by atoms with Gasteiger partial charge in [-0.2, -0.15) is 0 Å². The van der Waals surface area contributed by atoms with Crippen molar-refractivity contribution in [3.8, 4) is 0 Å². The molecule has 4 nitrogen and oxygen atoms in total. The third-order valence-corrected chi connectivity index (χ3v) is 7.55. The lowest BCUT2D eigenvalue weighted by atomic mass is 10.2. The summed E-state index contributed by atoms with van der Waals surface area (Å²) in [5.41, 5.74) is 2.03. The summed E-state index contributed by atoms with van der Waals surface area (Å²) in [6.07, 6.45) is -0.309. The number of halogens is 1. The lowest BCUT2D eigenvalue weighted by molar-refractivity contribution is 0.245. The van der Waals surface area contributed by atoms with Crippen molar-refractivity contribution in [3.63, 3.8) is 0 Å². The molecule has 3 aromatic rings. The number of hydrogen-bond acceptors (Lipinski definition) is 4. The highest BCUT2D eigenvalue weighted by molar-refractivity contribution is 7.67. The van der Waals surface area contributed by atoms with Crippen molar-refractivity contribution in [2.24, 2.45) is 0 Å². The van der Waals surface area contributed by atoms with E-state index in [1.54, 1.807) is 30.3 Å². The number of hydrogen-bond donors (Lipinski definition) is 1. The van der Waals surface area contributed by atoms with Crippen molar-refractivity contribution in [2.45, 2.75) is 25.7 Å². The molecule has 158 valence electrons. The Kier molecular flexibility index (Phi) is 6.96. The van der Waals surface area contributed by atoms with Gasteiger partial charge in [0.05, 0.1) is 6.10 Å². The Morgan fingerprint density at radius 2 is 1.50 bits per heavy atom. The Morgan fingerprint density at radius 1 is 0.900 bits per heavy atom. The Bertz CT molecular complexity index is 1010. The number of nitrogens with zero attached hydrogens (tertiary/aromatic N) is 1. The van der Waals surface area contributed by atoms with Crippen LogP contribution >= 0.6 is 7.37 Å². The lowest BCUT2D eigenvalue weighted by Gasteiger charge is -2.31. The van der Waals surface area contributed by atoms with Gasteiger partial charge in [0.2, 0.25) is 0 Å². The average molecular weight is 426 g/mol. The van der Waals surface area contributed by atoms with Crippen LogP contribution in [-0.4, -0.2) is 20.2 Å². The van der Waals surface area contributed by atoms with Crippen LogP contribution in [-0.2, 0) is 9.09 Å². The van der Waals surface area contributed by atoms with Crippen LogP contribution in [0.2, 0.25) is 0 Å². The van der Waals surface area contributed by atoms with Crippen molar-refractivity contribution in [3.05, 3.63) is 90.2 Å². The minimum Gasteiger partial charge on any atom is -0.378 e. The zero-order chi connectivity index (χ0) is 21.7. The molecule has 3 rings (SSSR count). The Labute approximate surface area is 178 Å². The molecular weight excluding hydrogens is 398 g/mol. The molecule has 0 radical (unpaired) electrons. The molecular formula is C24H28FN2O2P.